The molecule has 0 bridgehead atoms. The predicted octanol–water partition coefficient (Wildman–Crippen LogP) is 2.51. The number of nitrogens with zero attached hydrogens (tertiary/aromatic N) is 2. The molecule has 7 heteroatoms. The Morgan fingerprint density at radius 1 is 1.44 bits per heavy atom. The fourth-order valence-corrected chi connectivity index (χ4v) is 2.07. The van der Waals surface area contributed by atoms with Crippen LogP contribution in [0.25, 0.3) is 0 Å². The summed E-state index contributed by atoms with van der Waals surface area (Å²) in [6.45, 7) is 1.67. The molecule has 18 heavy (non-hydrogen) atoms. The van der Waals surface area contributed by atoms with Gasteiger partial charge in [0.2, 0.25) is 5.89 Å². The molecule has 94 valence electrons. The summed E-state index contributed by atoms with van der Waals surface area (Å²) in [4.78, 5) is 10.8. The smallest absolute Gasteiger partial charge is 0.335 e. The third kappa shape index (κ3) is 3.07. The lowest BCUT2D eigenvalue weighted by atomic mass is 10.1. The van der Waals surface area contributed by atoms with Crippen molar-refractivity contribution in [3.63, 3.8) is 0 Å². The molecule has 0 aliphatic carbocycles. The minimum Gasteiger partial charge on any atom is -0.478 e. The Hall–Kier alpha value is -1.89. The minimum absolute atomic E-state index is 0.0766. The Labute approximate surface area is 106 Å². The molecule has 0 atom stereocenters. The molecular weight excluding hydrogens is 259 g/mol. The number of hydrogen-bond donors (Lipinski definition) is 1. The number of carboxylic acids is 1. The molecule has 0 saturated carbocycles. The molecule has 0 amide bonds. The Kier molecular flexibility index (Phi) is 3.61. The van der Waals surface area contributed by atoms with Crippen LogP contribution >= 0.6 is 11.8 Å². The van der Waals surface area contributed by atoms with Gasteiger partial charge in [0.25, 0.3) is 5.22 Å². The van der Waals surface area contributed by atoms with Gasteiger partial charge in [-0.15, -0.1) is 10.2 Å². The van der Waals surface area contributed by atoms with Gasteiger partial charge in [-0.05, 0) is 23.8 Å². The van der Waals surface area contributed by atoms with Gasteiger partial charge in [0.1, 0.15) is 5.82 Å². The maximum atomic E-state index is 13.2. The molecule has 1 heterocycles. The minimum atomic E-state index is -1.16. The number of carbonyl (C=O) groups is 1. The zero-order valence-electron chi connectivity index (χ0n) is 9.38. The van der Waals surface area contributed by atoms with Crippen LogP contribution in [0.3, 0.4) is 0 Å². The largest absolute Gasteiger partial charge is 0.478 e. The van der Waals surface area contributed by atoms with Gasteiger partial charge < -0.3 is 9.52 Å². The quantitative estimate of drug-likeness (QED) is 0.858. The first kappa shape index (κ1) is 12.6. The summed E-state index contributed by atoms with van der Waals surface area (Å²) in [7, 11) is 0. The monoisotopic (exact) mass is 268 g/mol. The average molecular weight is 268 g/mol. The van der Waals surface area contributed by atoms with Gasteiger partial charge in [-0.25, -0.2) is 9.18 Å². The van der Waals surface area contributed by atoms with Crippen LogP contribution in [0.1, 0.15) is 21.8 Å². The van der Waals surface area contributed by atoms with E-state index in [2.05, 4.69) is 10.2 Å². The van der Waals surface area contributed by atoms with E-state index in [-0.39, 0.29) is 5.56 Å². The highest BCUT2D eigenvalue weighted by atomic mass is 32.2. The predicted molar refractivity (Wildman–Crippen MR) is 62.0 cm³/mol. The van der Waals surface area contributed by atoms with Crippen LogP contribution in [0.15, 0.2) is 27.8 Å². The summed E-state index contributed by atoms with van der Waals surface area (Å²) in [5.74, 6) is -0.927. The van der Waals surface area contributed by atoms with Crippen molar-refractivity contribution in [1.82, 2.24) is 10.2 Å². The lowest BCUT2D eigenvalue weighted by molar-refractivity contribution is 0.0696. The summed E-state index contributed by atoms with van der Waals surface area (Å²) in [5.41, 5.74) is 0.473. The topological polar surface area (TPSA) is 76.2 Å². The first-order chi connectivity index (χ1) is 8.54. The van der Waals surface area contributed by atoms with Crippen LogP contribution < -0.4 is 0 Å². The molecule has 0 saturated heterocycles. The van der Waals surface area contributed by atoms with Gasteiger partial charge in [-0.1, -0.05) is 11.8 Å². The number of rotatable bonds is 4. The van der Waals surface area contributed by atoms with Crippen LogP contribution in [0.2, 0.25) is 0 Å². The molecule has 0 aliphatic heterocycles. The summed E-state index contributed by atoms with van der Waals surface area (Å²) in [5, 5.41) is 16.6. The number of aromatic carboxylic acids is 1. The molecule has 2 aromatic rings. The Bertz CT molecular complexity index is 585. The molecule has 1 aromatic heterocycles. The van der Waals surface area contributed by atoms with Gasteiger partial charge in [0, 0.05) is 12.7 Å². The second-order valence-electron chi connectivity index (χ2n) is 3.53. The van der Waals surface area contributed by atoms with Gasteiger partial charge in [-0.2, -0.15) is 0 Å². The number of thioether (sulfide) groups is 1. The molecule has 0 unspecified atom stereocenters. The number of hydrogen-bond acceptors (Lipinski definition) is 5. The Balaban J connectivity index is 2.11. The van der Waals surface area contributed by atoms with Crippen molar-refractivity contribution in [1.29, 1.82) is 0 Å². The summed E-state index contributed by atoms with van der Waals surface area (Å²) >= 11 is 1.22. The highest BCUT2D eigenvalue weighted by molar-refractivity contribution is 7.98. The number of benzene rings is 1. The number of carboxylic acid groups (broad SMARTS) is 1. The molecular formula is C11H9FN2O3S. The second kappa shape index (κ2) is 5.18. The number of aryl methyl sites for hydroxylation is 1. The normalized spacial score (nSPS) is 10.6. The van der Waals surface area contributed by atoms with Crippen molar-refractivity contribution in [2.24, 2.45) is 0 Å². The van der Waals surface area contributed by atoms with Crippen LogP contribution in [-0.2, 0) is 5.75 Å². The third-order valence-corrected chi connectivity index (χ3v) is 2.96. The average Bonchev–Trinajstić information content (AvgIpc) is 2.72. The van der Waals surface area contributed by atoms with E-state index in [9.17, 15) is 9.18 Å². The lowest BCUT2D eigenvalue weighted by Gasteiger charge is -2.01. The SMILES string of the molecule is Cc1nnc(SCc2cc(F)cc(C(=O)O)c2)o1. The summed E-state index contributed by atoms with van der Waals surface area (Å²) in [6.07, 6.45) is 0. The molecule has 5 nitrogen and oxygen atoms in total. The van der Waals surface area contributed by atoms with Crippen molar-refractivity contribution in [2.45, 2.75) is 17.9 Å². The molecule has 0 fully saturated rings. The van der Waals surface area contributed by atoms with Gasteiger partial charge in [0.05, 0.1) is 5.56 Å². The molecule has 0 aliphatic rings. The van der Waals surface area contributed by atoms with E-state index in [1.54, 1.807) is 6.92 Å². The van der Waals surface area contributed by atoms with Crippen molar-refractivity contribution < 1.29 is 18.7 Å². The van der Waals surface area contributed by atoms with E-state index in [1.807, 2.05) is 0 Å². The maximum absolute atomic E-state index is 13.2. The van der Waals surface area contributed by atoms with Gasteiger partial charge in [-0.3, -0.25) is 0 Å². The van der Waals surface area contributed by atoms with Crippen molar-refractivity contribution in [3.05, 3.63) is 41.0 Å². The molecule has 0 spiro atoms. The molecule has 2 rings (SSSR count). The zero-order chi connectivity index (χ0) is 13.1. The molecule has 0 radical (unpaired) electrons. The van der Waals surface area contributed by atoms with E-state index in [0.29, 0.717) is 22.4 Å². The van der Waals surface area contributed by atoms with Gasteiger partial charge >= 0.3 is 5.97 Å². The fraction of sp³-hybridized carbons (Fsp3) is 0.182. The maximum Gasteiger partial charge on any atom is 0.335 e. The zero-order valence-corrected chi connectivity index (χ0v) is 10.2. The first-order valence-corrected chi connectivity index (χ1v) is 5.99. The van der Waals surface area contributed by atoms with Crippen molar-refractivity contribution in [3.8, 4) is 0 Å². The summed E-state index contributed by atoms with van der Waals surface area (Å²) in [6, 6.07) is 3.68. The van der Waals surface area contributed by atoms with Crippen LogP contribution in [0.5, 0.6) is 0 Å². The fourth-order valence-electron chi connectivity index (χ4n) is 1.34. The number of halogens is 1. The van der Waals surface area contributed by atoms with E-state index < -0.39 is 11.8 Å². The highest BCUT2D eigenvalue weighted by Crippen LogP contribution is 2.22. The van der Waals surface area contributed by atoms with E-state index in [0.717, 1.165) is 6.07 Å². The summed E-state index contributed by atoms with van der Waals surface area (Å²) < 4.78 is 18.3. The van der Waals surface area contributed by atoms with Crippen molar-refractivity contribution in [2.75, 3.05) is 0 Å². The standard InChI is InChI=1S/C11H9FN2O3S/c1-6-13-14-11(17-6)18-5-7-2-8(10(15)16)4-9(12)3-7/h2-4H,5H2,1H3,(H,15,16). The van der Waals surface area contributed by atoms with E-state index >= 15 is 0 Å². The lowest BCUT2D eigenvalue weighted by Crippen LogP contribution is -1.98. The molecule has 1 aromatic carbocycles. The van der Waals surface area contributed by atoms with E-state index in [4.69, 9.17) is 9.52 Å². The Morgan fingerprint density at radius 3 is 2.83 bits per heavy atom. The number of aromatic nitrogens is 2. The highest BCUT2D eigenvalue weighted by Gasteiger charge is 2.09. The van der Waals surface area contributed by atoms with E-state index in [1.165, 1.54) is 23.9 Å². The van der Waals surface area contributed by atoms with Crippen LogP contribution in [-0.4, -0.2) is 21.3 Å². The first-order valence-electron chi connectivity index (χ1n) is 5.00. The molecule has 1 N–H and O–H groups in total. The Morgan fingerprint density at radius 2 is 2.22 bits per heavy atom. The van der Waals surface area contributed by atoms with Crippen LogP contribution in [0, 0.1) is 12.7 Å². The van der Waals surface area contributed by atoms with Crippen LogP contribution in [0.4, 0.5) is 4.39 Å². The third-order valence-electron chi connectivity index (χ3n) is 2.07. The van der Waals surface area contributed by atoms with Crippen molar-refractivity contribution >= 4 is 17.7 Å². The second-order valence-corrected chi connectivity index (χ2v) is 4.46. The van der Waals surface area contributed by atoms with Gasteiger partial charge in [0.15, 0.2) is 0 Å².